The number of piperidine rings is 1. The van der Waals surface area contributed by atoms with Crippen LogP contribution in [0.2, 0.25) is 0 Å². The zero-order chi connectivity index (χ0) is 11.5. The van der Waals surface area contributed by atoms with E-state index in [-0.39, 0.29) is 0 Å². The topological polar surface area (TPSA) is 15.3 Å². The molecule has 1 saturated heterocycles. The molecule has 1 heterocycles. The Morgan fingerprint density at radius 1 is 1.38 bits per heavy atom. The summed E-state index contributed by atoms with van der Waals surface area (Å²) in [6.45, 7) is 4.50. The third kappa shape index (κ3) is 3.22. The van der Waals surface area contributed by atoms with Crippen molar-refractivity contribution in [1.29, 1.82) is 0 Å². The van der Waals surface area contributed by atoms with Gasteiger partial charge in [-0.25, -0.2) is 0 Å². The van der Waals surface area contributed by atoms with Crippen molar-refractivity contribution in [3.63, 3.8) is 0 Å². The fourth-order valence-corrected chi connectivity index (χ4v) is 2.95. The van der Waals surface area contributed by atoms with Gasteiger partial charge in [0.25, 0.3) is 0 Å². The fraction of sp³-hybridized carbons (Fsp3) is 0.538. The Morgan fingerprint density at radius 3 is 2.88 bits per heavy atom. The molecule has 1 aliphatic rings. The maximum Gasteiger partial charge on any atom is 0.0388 e. The molecule has 3 heteroatoms. The van der Waals surface area contributed by atoms with Crippen LogP contribution in [0, 0.1) is 6.92 Å². The minimum absolute atomic E-state index is 0.590. The van der Waals surface area contributed by atoms with Gasteiger partial charge in [0.05, 0.1) is 0 Å². The Bertz CT molecular complexity index is 345. The highest BCUT2D eigenvalue weighted by Gasteiger charge is 2.16. The molecule has 0 amide bonds. The Labute approximate surface area is 106 Å². The van der Waals surface area contributed by atoms with Crippen molar-refractivity contribution in [3.8, 4) is 0 Å². The summed E-state index contributed by atoms with van der Waals surface area (Å²) in [5.74, 6) is 0. The first kappa shape index (κ1) is 11.9. The van der Waals surface area contributed by atoms with Crippen LogP contribution in [0.3, 0.4) is 0 Å². The Morgan fingerprint density at radius 2 is 2.19 bits per heavy atom. The second-order valence-electron chi connectivity index (χ2n) is 4.76. The van der Waals surface area contributed by atoms with E-state index in [2.05, 4.69) is 58.3 Å². The van der Waals surface area contributed by atoms with Crippen molar-refractivity contribution in [1.82, 2.24) is 4.90 Å². The minimum atomic E-state index is 0.590. The zero-order valence-corrected chi connectivity index (χ0v) is 11.5. The second-order valence-corrected chi connectivity index (χ2v) is 5.68. The van der Waals surface area contributed by atoms with E-state index in [1.54, 1.807) is 0 Å². The molecule has 0 radical (unpaired) electrons. The standard InChI is InChI=1S/C13H19BrN2/c1-10-6-11(14)8-13(7-10)15-12-4-3-5-16(2)9-12/h6-8,12,15H,3-5,9H2,1-2H3. The molecule has 2 rings (SSSR count). The smallest absolute Gasteiger partial charge is 0.0388 e. The fourth-order valence-electron chi connectivity index (χ4n) is 2.34. The second kappa shape index (κ2) is 5.19. The number of benzene rings is 1. The molecule has 0 saturated carbocycles. The van der Waals surface area contributed by atoms with Crippen LogP contribution in [0.5, 0.6) is 0 Å². The van der Waals surface area contributed by atoms with Crippen molar-refractivity contribution >= 4 is 21.6 Å². The summed E-state index contributed by atoms with van der Waals surface area (Å²) in [5.41, 5.74) is 2.52. The summed E-state index contributed by atoms with van der Waals surface area (Å²) in [5, 5.41) is 3.62. The summed E-state index contributed by atoms with van der Waals surface area (Å²) in [4.78, 5) is 2.39. The van der Waals surface area contributed by atoms with Gasteiger partial charge in [0.15, 0.2) is 0 Å². The lowest BCUT2D eigenvalue weighted by atomic mass is 10.1. The minimum Gasteiger partial charge on any atom is -0.381 e. The molecule has 0 aromatic heterocycles. The van der Waals surface area contributed by atoms with Crippen LogP contribution < -0.4 is 5.32 Å². The first-order valence-electron chi connectivity index (χ1n) is 5.86. The number of likely N-dealkylation sites (tertiary alicyclic amines) is 1. The molecule has 1 aromatic carbocycles. The highest BCUT2D eigenvalue weighted by Crippen LogP contribution is 2.21. The molecule has 88 valence electrons. The van der Waals surface area contributed by atoms with E-state index < -0.39 is 0 Å². The number of anilines is 1. The van der Waals surface area contributed by atoms with Crippen LogP contribution in [0.4, 0.5) is 5.69 Å². The van der Waals surface area contributed by atoms with E-state index in [4.69, 9.17) is 0 Å². The summed E-state index contributed by atoms with van der Waals surface area (Å²) in [7, 11) is 2.19. The molecule has 0 bridgehead atoms. The molecule has 1 atom stereocenters. The quantitative estimate of drug-likeness (QED) is 0.896. The maximum absolute atomic E-state index is 3.62. The largest absolute Gasteiger partial charge is 0.381 e. The molecule has 1 unspecified atom stereocenters. The van der Waals surface area contributed by atoms with Gasteiger partial charge >= 0.3 is 0 Å². The van der Waals surface area contributed by atoms with Crippen LogP contribution in [-0.4, -0.2) is 31.1 Å². The number of aryl methyl sites for hydroxylation is 1. The number of nitrogens with zero attached hydrogens (tertiary/aromatic N) is 1. The van der Waals surface area contributed by atoms with E-state index >= 15 is 0 Å². The van der Waals surface area contributed by atoms with Crippen molar-refractivity contribution < 1.29 is 0 Å². The molecule has 0 spiro atoms. The van der Waals surface area contributed by atoms with E-state index in [0.29, 0.717) is 6.04 Å². The van der Waals surface area contributed by atoms with Gasteiger partial charge in [-0.3, -0.25) is 0 Å². The lowest BCUT2D eigenvalue weighted by Gasteiger charge is -2.31. The van der Waals surface area contributed by atoms with Crippen LogP contribution in [-0.2, 0) is 0 Å². The van der Waals surface area contributed by atoms with Gasteiger partial charge in [-0.2, -0.15) is 0 Å². The van der Waals surface area contributed by atoms with Gasteiger partial charge < -0.3 is 10.2 Å². The first-order chi connectivity index (χ1) is 7.63. The monoisotopic (exact) mass is 282 g/mol. The Kier molecular flexibility index (Phi) is 3.87. The van der Waals surface area contributed by atoms with E-state index in [1.165, 1.54) is 30.6 Å². The van der Waals surface area contributed by atoms with E-state index in [0.717, 1.165) is 11.0 Å². The van der Waals surface area contributed by atoms with Crippen molar-refractivity contribution in [2.45, 2.75) is 25.8 Å². The van der Waals surface area contributed by atoms with Crippen LogP contribution in [0.1, 0.15) is 18.4 Å². The molecule has 1 aromatic rings. The average Bonchev–Trinajstić information content (AvgIpc) is 2.15. The lowest BCUT2D eigenvalue weighted by Crippen LogP contribution is -2.39. The van der Waals surface area contributed by atoms with Gasteiger partial charge in [0.1, 0.15) is 0 Å². The van der Waals surface area contributed by atoms with Gasteiger partial charge in [-0.1, -0.05) is 15.9 Å². The first-order valence-corrected chi connectivity index (χ1v) is 6.65. The van der Waals surface area contributed by atoms with E-state index in [9.17, 15) is 0 Å². The van der Waals surface area contributed by atoms with Gasteiger partial charge in [0, 0.05) is 22.7 Å². The maximum atomic E-state index is 3.62. The summed E-state index contributed by atoms with van der Waals surface area (Å²) < 4.78 is 1.15. The molecule has 0 aliphatic carbocycles. The van der Waals surface area contributed by atoms with Gasteiger partial charge in [0.2, 0.25) is 0 Å². The number of hydrogen-bond donors (Lipinski definition) is 1. The third-order valence-electron chi connectivity index (χ3n) is 3.04. The van der Waals surface area contributed by atoms with Gasteiger partial charge in [-0.05, 0) is 57.1 Å². The number of hydrogen-bond acceptors (Lipinski definition) is 2. The van der Waals surface area contributed by atoms with E-state index in [1.807, 2.05) is 0 Å². The normalized spacial score (nSPS) is 22.1. The van der Waals surface area contributed by atoms with Gasteiger partial charge in [-0.15, -0.1) is 0 Å². The Balaban J connectivity index is 2.02. The highest BCUT2D eigenvalue weighted by atomic mass is 79.9. The molecule has 2 nitrogen and oxygen atoms in total. The third-order valence-corrected chi connectivity index (χ3v) is 3.50. The Hall–Kier alpha value is -0.540. The molecule has 1 N–H and O–H groups in total. The summed E-state index contributed by atoms with van der Waals surface area (Å²) in [6, 6.07) is 7.09. The van der Waals surface area contributed by atoms with Crippen LogP contribution >= 0.6 is 15.9 Å². The van der Waals surface area contributed by atoms with Crippen LogP contribution in [0.25, 0.3) is 0 Å². The summed E-state index contributed by atoms with van der Waals surface area (Å²) in [6.07, 6.45) is 2.57. The average molecular weight is 283 g/mol. The molecule has 1 aliphatic heterocycles. The van der Waals surface area contributed by atoms with Crippen LogP contribution in [0.15, 0.2) is 22.7 Å². The van der Waals surface area contributed by atoms with Crippen molar-refractivity contribution in [2.24, 2.45) is 0 Å². The SMILES string of the molecule is Cc1cc(Br)cc(NC2CCCN(C)C2)c1. The highest BCUT2D eigenvalue weighted by molar-refractivity contribution is 9.10. The predicted octanol–water partition coefficient (Wildman–Crippen LogP) is 3.26. The number of rotatable bonds is 2. The molecular formula is C13H19BrN2. The summed E-state index contributed by atoms with van der Waals surface area (Å²) >= 11 is 3.54. The molecule has 1 fully saturated rings. The van der Waals surface area contributed by atoms with Crippen molar-refractivity contribution in [2.75, 3.05) is 25.5 Å². The zero-order valence-electron chi connectivity index (χ0n) is 9.96. The number of nitrogens with one attached hydrogen (secondary N) is 1. The van der Waals surface area contributed by atoms with Crippen molar-refractivity contribution in [3.05, 3.63) is 28.2 Å². The molecule has 16 heavy (non-hydrogen) atoms. The molecular weight excluding hydrogens is 264 g/mol. The number of likely N-dealkylation sites (N-methyl/N-ethyl adjacent to an activating group) is 1. The lowest BCUT2D eigenvalue weighted by molar-refractivity contribution is 0.261. The number of halogens is 1. The predicted molar refractivity (Wildman–Crippen MR) is 73.0 cm³/mol.